The van der Waals surface area contributed by atoms with Crippen LogP contribution in [0.15, 0.2) is 53.5 Å². The lowest BCUT2D eigenvalue weighted by Crippen LogP contribution is -2.38. The third-order valence-corrected chi connectivity index (χ3v) is 5.40. The highest BCUT2D eigenvalue weighted by atomic mass is 16.5. The van der Waals surface area contributed by atoms with Gasteiger partial charge in [-0.3, -0.25) is 4.79 Å². The van der Waals surface area contributed by atoms with Crippen LogP contribution in [-0.4, -0.2) is 48.4 Å². The number of nitrogens with one attached hydrogen (secondary N) is 1. The summed E-state index contributed by atoms with van der Waals surface area (Å²) in [6, 6.07) is 16.5. The molecule has 1 heterocycles. The number of likely N-dealkylation sites (tertiary alicyclic amines) is 1. The zero-order valence-electron chi connectivity index (χ0n) is 18.9. The largest absolute Gasteiger partial charge is 0.494 e. The van der Waals surface area contributed by atoms with E-state index in [0.717, 1.165) is 43.3 Å². The monoisotopic (exact) mass is 422 g/mol. The molecule has 0 spiro atoms. The van der Waals surface area contributed by atoms with E-state index in [4.69, 9.17) is 9.73 Å². The summed E-state index contributed by atoms with van der Waals surface area (Å²) in [6.07, 6.45) is 1.63. The average molecular weight is 423 g/mol. The first-order chi connectivity index (χ1) is 15.1. The minimum absolute atomic E-state index is 0.252. The van der Waals surface area contributed by atoms with Crippen molar-refractivity contribution >= 4 is 11.9 Å². The Morgan fingerprint density at radius 2 is 1.87 bits per heavy atom. The molecular weight excluding hydrogens is 388 g/mol. The molecule has 2 aromatic carbocycles. The summed E-state index contributed by atoms with van der Waals surface area (Å²) in [4.78, 5) is 21.0. The first-order valence-electron chi connectivity index (χ1n) is 11.2. The van der Waals surface area contributed by atoms with Gasteiger partial charge in [0.15, 0.2) is 5.96 Å². The third kappa shape index (κ3) is 6.48. The van der Waals surface area contributed by atoms with E-state index < -0.39 is 0 Å². The maximum Gasteiger partial charge on any atom is 0.222 e. The average Bonchev–Trinajstić information content (AvgIpc) is 3.18. The van der Waals surface area contributed by atoms with Crippen molar-refractivity contribution in [3.63, 3.8) is 0 Å². The van der Waals surface area contributed by atoms with Crippen LogP contribution in [0.4, 0.5) is 0 Å². The number of aliphatic imine (C=N–C) groups is 1. The molecule has 0 radical (unpaired) electrons. The number of carbonyl (C=O) groups excluding carboxylic acids is 1. The van der Waals surface area contributed by atoms with Crippen LogP contribution < -0.4 is 10.1 Å². The van der Waals surface area contributed by atoms with Crippen molar-refractivity contribution in [3.05, 3.63) is 65.2 Å². The lowest BCUT2D eigenvalue weighted by atomic mass is 10.1. The predicted octanol–water partition coefficient (Wildman–Crippen LogP) is 3.81. The fourth-order valence-electron chi connectivity index (χ4n) is 3.78. The van der Waals surface area contributed by atoms with Gasteiger partial charge in [-0.2, -0.15) is 0 Å². The molecule has 0 atom stereocenters. The highest BCUT2D eigenvalue weighted by Gasteiger charge is 2.20. The minimum Gasteiger partial charge on any atom is -0.494 e. The second-order valence-corrected chi connectivity index (χ2v) is 7.79. The zero-order valence-corrected chi connectivity index (χ0v) is 18.9. The van der Waals surface area contributed by atoms with Crippen LogP contribution in [0, 0.1) is 0 Å². The van der Waals surface area contributed by atoms with Crippen molar-refractivity contribution in [2.24, 2.45) is 4.99 Å². The number of hydrogen-bond donors (Lipinski definition) is 1. The standard InChI is InChI=1S/C25H34N4O2/c1-4-26-25(28(3)18-20-12-14-23(15-13-20)31-5-2)27-17-21-9-6-7-10-22(21)19-29-16-8-11-24(29)30/h6-7,9-10,12-15H,4-5,8,11,16-19H2,1-3H3,(H,26,27). The van der Waals surface area contributed by atoms with E-state index in [0.29, 0.717) is 26.1 Å². The third-order valence-electron chi connectivity index (χ3n) is 5.40. The number of hydrogen-bond acceptors (Lipinski definition) is 3. The number of guanidine groups is 1. The molecule has 166 valence electrons. The van der Waals surface area contributed by atoms with Gasteiger partial charge in [0, 0.05) is 39.6 Å². The molecule has 1 N–H and O–H groups in total. The van der Waals surface area contributed by atoms with Gasteiger partial charge < -0.3 is 19.9 Å². The van der Waals surface area contributed by atoms with E-state index in [1.54, 1.807) is 0 Å². The van der Waals surface area contributed by atoms with Crippen molar-refractivity contribution in [2.45, 2.75) is 46.3 Å². The number of rotatable bonds is 9. The van der Waals surface area contributed by atoms with Crippen LogP contribution in [0.25, 0.3) is 0 Å². The SMILES string of the molecule is CCNC(=NCc1ccccc1CN1CCCC1=O)N(C)Cc1ccc(OCC)cc1. The molecule has 2 aromatic rings. The summed E-state index contributed by atoms with van der Waals surface area (Å²) in [5.74, 6) is 2.01. The molecule has 6 heteroatoms. The Balaban J connectivity index is 1.68. The summed E-state index contributed by atoms with van der Waals surface area (Å²) < 4.78 is 5.53. The molecule has 1 aliphatic heterocycles. The smallest absolute Gasteiger partial charge is 0.222 e. The summed E-state index contributed by atoms with van der Waals surface area (Å²) in [5, 5.41) is 3.39. The van der Waals surface area contributed by atoms with Crippen LogP contribution in [0.3, 0.4) is 0 Å². The Bertz CT molecular complexity index is 879. The van der Waals surface area contributed by atoms with E-state index in [9.17, 15) is 4.79 Å². The van der Waals surface area contributed by atoms with Crippen LogP contribution in [0.2, 0.25) is 0 Å². The number of amides is 1. The molecule has 0 aromatic heterocycles. The van der Waals surface area contributed by atoms with Crippen molar-refractivity contribution in [1.82, 2.24) is 15.1 Å². The summed E-state index contributed by atoms with van der Waals surface area (Å²) >= 11 is 0. The van der Waals surface area contributed by atoms with Crippen molar-refractivity contribution in [3.8, 4) is 5.75 Å². The van der Waals surface area contributed by atoms with E-state index >= 15 is 0 Å². The van der Waals surface area contributed by atoms with Gasteiger partial charge in [-0.25, -0.2) is 4.99 Å². The van der Waals surface area contributed by atoms with Gasteiger partial charge in [-0.15, -0.1) is 0 Å². The van der Waals surface area contributed by atoms with E-state index in [2.05, 4.69) is 41.4 Å². The van der Waals surface area contributed by atoms with Gasteiger partial charge in [0.1, 0.15) is 5.75 Å². The quantitative estimate of drug-likeness (QED) is 0.493. The second-order valence-electron chi connectivity index (χ2n) is 7.79. The molecule has 1 saturated heterocycles. The maximum absolute atomic E-state index is 12.0. The minimum atomic E-state index is 0.252. The van der Waals surface area contributed by atoms with Gasteiger partial charge in [0.05, 0.1) is 13.2 Å². The lowest BCUT2D eigenvalue weighted by Gasteiger charge is -2.23. The highest BCUT2D eigenvalue weighted by Crippen LogP contribution is 2.18. The molecule has 6 nitrogen and oxygen atoms in total. The normalized spacial score (nSPS) is 14.1. The molecule has 31 heavy (non-hydrogen) atoms. The number of ether oxygens (including phenoxy) is 1. The second kappa shape index (κ2) is 11.4. The highest BCUT2D eigenvalue weighted by molar-refractivity contribution is 5.80. The Morgan fingerprint density at radius 3 is 2.52 bits per heavy atom. The van der Waals surface area contributed by atoms with Gasteiger partial charge in [-0.1, -0.05) is 36.4 Å². The molecule has 1 fully saturated rings. The van der Waals surface area contributed by atoms with Crippen molar-refractivity contribution in [1.29, 1.82) is 0 Å². The Kier molecular flexibility index (Phi) is 8.33. The fourth-order valence-corrected chi connectivity index (χ4v) is 3.78. The van der Waals surface area contributed by atoms with E-state index in [1.807, 2.05) is 43.1 Å². The Hall–Kier alpha value is -3.02. The van der Waals surface area contributed by atoms with Crippen molar-refractivity contribution in [2.75, 3.05) is 26.7 Å². The van der Waals surface area contributed by atoms with E-state index in [-0.39, 0.29) is 5.91 Å². The van der Waals surface area contributed by atoms with Crippen LogP contribution >= 0.6 is 0 Å². The number of nitrogens with zero attached hydrogens (tertiary/aromatic N) is 3. The van der Waals surface area contributed by atoms with Gasteiger partial charge in [0.25, 0.3) is 0 Å². The van der Waals surface area contributed by atoms with Crippen LogP contribution in [-0.2, 0) is 24.4 Å². The van der Waals surface area contributed by atoms with Crippen LogP contribution in [0.1, 0.15) is 43.4 Å². The molecule has 1 amide bonds. The molecule has 0 bridgehead atoms. The van der Waals surface area contributed by atoms with Gasteiger partial charge in [0.2, 0.25) is 5.91 Å². The molecule has 1 aliphatic rings. The molecular formula is C25H34N4O2. The molecule has 0 aliphatic carbocycles. The van der Waals surface area contributed by atoms with Gasteiger partial charge in [-0.05, 0) is 49.1 Å². The predicted molar refractivity (Wildman–Crippen MR) is 125 cm³/mol. The Morgan fingerprint density at radius 1 is 1.13 bits per heavy atom. The molecule has 3 rings (SSSR count). The molecule has 0 unspecified atom stereocenters. The van der Waals surface area contributed by atoms with Crippen LogP contribution in [0.5, 0.6) is 5.75 Å². The van der Waals surface area contributed by atoms with E-state index in [1.165, 1.54) is 11.1 Å². The Labute approximate surface area is 185 Å². The summed E-state index contributed by atoms with van der Waals surface area (Å²) in [7, 11) is 2.05. The summed E-state index contributed by atoms with van der Waals surface area (Å²) in [6.45, 7) is 8.39. The first kappa shape index (κ1) is 22.7. The summed E-state index contributed by atoms with van der Waals surface area (Å²) in [5.41, 5.74) is 3.53. The number of carbonyl (C=O) groups is 1. The zero-order chi connectivity index (χ0) is 22.1. The topological polar surface area (TPSA) is 57.2 Å². The number of benzene rings is 2. The maximum atomic E-state index is 12.0. The van der Waals surface area contributed by atoms with Crippen molar-refractivity contribution < 1.29 is 9.53 Å². The van der Waals surface area contributed by atoms with Gasteiger partial charge >= 0.3 is 0 Å². The lowest BCUT2D eigenvalue weighted by molar-refractivity contribution is -0.128. The fraction of sp³-hybridized carbons (Fsp3) is 0.440. The molecule has 0 saturated carbocycles. The first-order valence-corrected chi connectivity index (χ1v) is 11.2.